The first kappa shape index (κ1) is 12.2. The Labute approximate surface area is 114 Å². The van der Waals surface area contributed by atoms with Gasteiger partial charge < -0.3 is 9.52 Å². The van der Waals surface area contributed by atoms with Gasteiger partial charge in [-0.3, -0.25) is 4.98 Å². The highest BCUT2D eigenvalue weighted by molar-refractivity contribution is 7.99. The van der Waals surface area contributed by atoms with Gasteiger partial charge in [0.2, 0.25) is 0 Å². The molecule has 19 heavy (non-hydrogen) atoms. The average molecular weight is 272 g/mol. The van der Waals surface area contributed by atoms with E-state index in [1.807, 2.05) is 30.3 Å². The van der Waals surface area contributed by atoms with E-state index in [1.165, 1.54) is 11.8 Å². The van der Waals surface area contributed by atoms with E-state index in [0.717, 1.165) is 16.0 Å². The Morgan fingerprint density at radius 2 is 2.05 bits per heavy atom. The van der Waals surface area contributed by atoms with Crippen LogP contribution in [0.15, 0.2) is 57.1 Å². The lowest BCUT2D eigenvalue weighted by molar-refractivity contribution is 0.194. The van der Waals surface area contributed by atoms with Crippen molar-refractivity contribution in [1.29, 1.82) is 0 Å². The molecule has 0 fully saturated rings. The van der Waals surface area contributed by atoms with E-state index in [4.69, 9.17) is 4.42 Å². The van der Waals surface area contributed by atoms with Crippen LogP contribution in [0.2, 0.25) is 0 Å². The molecule has 0 unspecified atom stereocenters. The minimum absolute atomic E-state index is 0.552. The quantitative estimate of drug-likeness (QED) is 0.791. The molecule has 0 aliphatic rings. The van der Waals surface area contributed by atoms with Crippen LogP contribution in [0, 0.1) is 0 Å². The summed E-state index contributed by atoms with van der Waals surface area (Å²) in [6.45, 7) is 1.69. The van der Waals surface area contributed by atoms with Crippen molar-refractivity contribution in [2.24, 2.45) is 0 Å². The Kier molecular flexibility index (Phi) is 3.23. The Bertz CT molecular complexity index is 659. The van der Waals surface area contributed by atoms with Crippen molar-refractivity contribution >= 4 is 22.9 Å². The third-order valence-corrected chi connectivity index (χ3v) is 3.49. The van der Waals surface area contributed by atoms with Gasteiger partial charge in [0.25, 0.3) is 5.22 Å². The van der Waals surface area contributed by atoms with Crippen molar-refractivity contribution in [3.05, 3.63) is 48.3 Å². The van der Waals surface area contributed by atoms with Gasteiger partial charge in [0.1, 0.15) is 5.52 Å². The van der Waals surface area contributed by atoms with Gasteiger partial charge in [-0.25, -0.2) is 4.98 Å². The Hall–Kier alpha value is -1.85. The number of aromatic nitrogens is 2. The topological polar surface area (TPSA) is 59.2 Å². The summed E-state index contributed by atoms with van der Waals surface area (Å²) in [5.41, 5.74) is 2.28. The molecular weight excluding hydrogens is 260 g/mol. The molecule has 2 aromatic heterocycles. The van der Waals surface area contributed by atoms with Gasteiger partial charge in [0.05, 0.1) is 11.8 Å². The van der Waals surface area contributed by atoms with E-state index in [1.54, 1.807) is 19.2 Å². The van der Waals surface area contributed by atoms with E-state index >= 15 is 0 Å². The predicted octanol–water partition coefficient (Wildman–Crippen LogP) is 3.43. The van der Waals surface area contributed by atoms with Crippen LogP contribution in [-0.2, 0) is 0 Å². The van der Waals surface area contributed by atoms with Gasteiger partial charge in [-0.2, -0.15) is 0 Å². The SMILES string of the molecule is C[C@@H](O)c1ccc(Sc2nc3ccccc3o2)cn1. The lowest BCUT2D eigenvalue weighted by Gasteiger charge is -2.03. The minimum atomic E-state index is -0.552. The maximum atomic E-state index is 9.40. The van der Waals surface area contributed by atoms with Gasteiger partial charge >= 0.3 is 0 Å². The van der Waals surface area contributed by atoms with E-state index in [0.29, 0.717) is 10.9 Å². The summed E-state index contributed by atoms with van der Waals surface area (Å²) >= 11 is 1.41. The highest BCUT2D eigenvalue weighted by Gasteiger charge is 2.08. The number of benzene rings is 1. The number of nitrogens with zero attached hydrogens (tertiary/aromatic N) is 2. The van der Waals surface area contributed by atoms with Crippen LogP contribution in [0.25, 0.3) is 11.1 Å². The van der Waals surface area contributed by atoms with Crippen LogP contribution in [0.5, 0.6) is 0 Å². The summed E-state index contributed by atoms with van der Waals surface area (Å²) in [5, 5.41) is 9.99. The second kappa shape index (κ2) is 5.03. The first-order valence-electron chi connectivity index (χ1n) is 5.90. The molecule has 0 saturated carbocycles. The fourth-order valence-corrected chi connectivity index (χ4v) is 2.41. The maximum absolute atomic E-state index is 9.40. The van der Waals surface area contributed by atoms with E-state index in [2.05, 4.69) is 9.97 Å². The van der Waals surface area contributed by atoms with Gasteiger partial charge in [-0.15, -0.1) is 0 Å². The van der Waals surface area contributed by atoms with E-state index < -0.39 is 6.10 Å². The van der Waals surface area contributed by atoms with Crippen molar-refractivity contribution in [2.75, 3.05) is 0 Å². The standard InChI is InChI=1S/C14H12N2O2S/c1-9(17)11-7-6-10(8-15-11)19-14-16-12-4-2-3-5-13(12)18-14/h2-9,17H,1H3/t9-/m1/s1. The van der Waals surface area contributed by atoms with Crippen molar-refractivity contribution in [3.8, 4) is 0 Å². The molecule has 0 bridgehead atoms. The second-order valence-electron chi connectivity index (χ2n) is 4.14. The second-order valence-corrected chi connectivity index (χ2v) is 5.17. The number of hydrogen-bond acceptors (Lipinski definition) is 5. The van der Waals surface area contributed by atoms with Crippen LogP contribution in [0.4, 0.5) is 0 Å². The summed E-state index contributed by atoms with van der Waals surface area (Å²) < 4.78 is 5.62. The fraction of sp³-hybridized carbons (Fsp3) is 0.143. The van der Waals surface area contributed by atoms with Crippen LogP contribution in [0.1, 0.15) is 18.7 Å². The monoisotopic (exact) mass is 272 g/mol. The van der Waals surface area contributed by atoms with Gasteiger partial charge in [0.15, 0.2) is 5.58 Å². The van der Waals surface area contributed by atoms with Crippen LogP contribution in [-0.4, -0.2) is 15.1 Å². The molecule has 1 atom stereocenters. The van der Waals surface area contributed by atoms with Crippen LogP contribution >= 0.6 is 11.8 Å². The summed E-state index contributed by atoms with van der Waals surface area (Å²) in [4.78, 5) is 9.50. The molecule has 3 aromatic rings. The molecule has 96 valence electrons. The van der Waals surface area contributed by atoms with Crippen molar-refractivity contribution < 1.29 is 9.52 Å². The predicted molar refractivity (Wildman–Crippen MR) is 73.0 cm³/mol. The summed E-state index contributed by atoms with van der Waals surface area (Å²) in [7, 11) is 0. The number of fused-ring (bicyclic) bond motifs is 1. The molecule has 5 heteroatoms. The lowest BCUT2D eigenvalue weighted by atomic mass is 10.2. The number of hydrogen-bond donors (Lipinski definition) is 1. The zero-order valence-electron chi connectivity index (χ0n) is 10.3. The molecule has 4 nitrogen and oxygen atoms in total. The molecule has 0 amide bonds. The molecule has 0 spiro atoms. The Morgan fingerprint density at radius 3 is 2.74 bits per heavy atom. The molecule has 0 saturated heterocycles. The molecular formula is C14H12N2O2S. The highest BCUT2D eigenvalue weighted by Crippen LogP contribution is 2.29. The summed E-state index contributed by atoms with van der Waals surface area (Å²) in [6, 6.07) is 11.3. The molecule has 0 radical (unpaired) electrons. The van der Waals surface area contributed by atoms with Crippen LogP contribution in [0.3, 0.4) is 0 Å². The number of rotatable bonds is 3. The van der Waals surface area contributed by atoms with Crippen molar-refractivity contribution in [2.45, 2.75) is 23.1 Å². The third kappa shape index (κ3) is 2.62. The molecule has 1 aromatic carbocycles. The van der Waals surface area contributed by atoms with Crippen molar-refractivity contribution in [1.82, 2.24) is 9.97 Å². The lowest BCUT2D eigenvalue weighted by Crippen LogP contribution is -1.94. The number of aliphatic hydroxyl groups is 1. The fourth-order valence-electron chi connectivity index (χ4n) is 1.69. The normalized spacial score (nSPS) is 12.7. The number of oxazole rings is 1. The van der Waals surface area contributed by atoms with Gasteiger partial charge in [0, 0.05) is 11.1 Å². The smallest absolute Gasteiger partial charge is 0.261 e. The van der Waals surface area contributed by atoms with E-state index in [-0.39, 0.29) is 0 Å². The first-order valence-corrected chi connectivity index (χ1v) is 6.71. The average Bonchev–Trinajstić information content (AvgIpc) is 2.81. The number of pyridine rings is 1. The molecule has 1 N–H and O–H groups in total. The minimum Gasteiger partial charge on any atom is -0.431 e. The Balaban J connectivity index is 1.84. The molecule has 2 heterocycles. The molecule has 3 rings (SSSR count). The zero-order valence-corrected chi connectivity index (χ0v) is 11.1. The highest BCUT2D eigenvalue weighted by atomic mass is 32.2. The number of para-hydroxylation sites is 2. The first-order chi connectivity index (χ1) is 9.22. The van der Waals surface area contributed by atoms with Crippen LogP contribution < -0.4 is 0 Å². The van der Waals surface area contributed by atoms with E-state index in [9.17, 15) is 5.11 Å². The molecule has 0 aliphatic heterocycles. The van der Waals surface area contributed by atoms with Gasteiger partial charge in [-0.1, -0.05) is 12.1 Å². The van der Waals surface area contributed by atoms with Crippen molar-refractivity contribution in [3.63, 3.8) is 0 Å². The Morgan fingerprint density at radius 1 is 1.21 bits per heavy atom. The summed E-state index contributed by atoms with van der Waals surface area (Å²) in [6.07, 6.45) is 1.16. The third-order valence-electron chi connectivity index (χ3n) is 2.67. The largest absolute Gasteiger partial charge is 0.431 e. The zero-order chi connectivity index (χ0) is 13.2. The summed E-state index contributed by atoms with van der Waals surface area (Å²) in [5.74, 6) is 0. The van der Waals surface area contributed by atoms with Gasteiger partial charge in [-0.05, 0) is 43.0 Å². The molecule has 0 aliphatic carbocycles. The number of aliphatic hydroxyl groups excluding tert-OH is 1. The maximum Gasteiger partial charge on any atom is 0.261 e.